The number of anilines is 1. The second kappa shape index (κ2) is 3.33. The van der Waals surface area contributed by atoms with E-state index in [1.165, 1.54) is 5.56 Å². The molecule has 0 atom stereocenters. The Morgan fingerprint density at radius 3 is 2.93 bits per heavy atom. The van der Waals surface area contributed by atoms with Crippen molar-refractivity contribution in [2.24, 2.45) is 0 Å². The maximum absolute atomic E-state index is 11.0. The molecule has 1 aromatic carbocycles. The Balaban J connectivity index is 2.36. The Hall–Kier alpha value is -1.51. The predicted molar refractivity (Wildman–Crippen MR) is 54.7 cm³/mol. The molecule has 1 heterocycles. The normalized spacial score (nSPS) is 14.6. The first-order valence-corrected chi connectivity index (χ1v) is 4.73. The van der Waals surface area contributed by atoms with E-state index in [1.807, 2.05) is 18.2 Å². The van der Waals surface area contributed by atoms with Crippen LogP contribution in [0.4, 0.5) is 5.69 Å². The first kappa shape index (κ1) is 9.06. The van der Waals surface area contributed by atoms with Crippen LogP contribution < -0.4 is 10.1 Å². The lowest BCUT2D eigenvalue weighted by atomic mass is 10.0. The van der Waals surface area contributed by atoms with E-state index < -0.39 is 0 Å². The van der Waals surface area contributed by atoms with E-state index in [4.69, 9.17) is 4.74 Å². The summed E-state index contributed by atoms with van der Waals surface area (Å²) in [6.07, 6.45) is 0. The van der Waals surface area contributed by atoms with Gasteiger partial charge in [0.2, 0.25) is 0 Å². The summed E-state index contributed by atoms with van der Waals surface area (Å²) < 4.78 is 5.31. The van der Waals surface area contributed by atoms with Gasteiger partial charge in [-0.15, -0.1) is 0 Å². The van der Waals surface area contributed by atoms with Crippen molar-refractivity contribution in [3.05, 3.63) is 23.8 Å². The molecule has 0 aromatic heterocycles. The molecule has 1 amide bonds. The van der Waals surface area contributed by atoms with Crippen molar-refractivity contribution < 1.29 is 9.53 Å². The molecule has 14 heavy (non-hydrogen) atoms. The molecular weight excluding hydrogens is 178 g/mol. The third-order valence-electron chi connectivity index (χ3n) is 2.31. The summed E-state index contributed by atoms with van der Waals surface area (Å²) in [6, 6.07) is 5.89. The second-order valence-electron chi connectivity index (χ2n) is 3.75. The topological polar surface area (TPSA) is 38.3 Å². The Labute approximate surface area is 83.1 Å². The van der Waals surface area contributed by atoms with Gasteiger partial charge in [0.15, 0.2) is 6.61 Å². The van der Waals surface area contributed by atoms with E-state index >= 15 is 0 Å². The van der Waals surface area contributed by atoms with Crippen LogP contribution in [0.2, 0.25) is 0 Å². The van der Waals surface area contributed by atoms with Crippen LogP contribution in [0.1, 0.15) is 25.3 Å². The molecule has 0 unspecified atom stereocenters. The maximum Gasteiger partial charge on any atom is 0.262 e. The van der Waals surface area contributed by atoms with Crippen molar-refractivity contribution in [3.63, 3.8) is 0 Å². The number of hydrogen-bond acceptors (Lipinski definition) is 2. The smallest absolute Gasteiger partial charge is 0.262 e. The minimum absolute atomic E-state index is 0.0882. The molecule has 0 fully saturated rings. The molecule has 2 rings (SSSR count). The van der Waals surface area contributed by atoms with Gasteiger partial charge in [-0.3, -0.25) is 4.79 Å². The fourth-order valence-electron chi connectivity index (χ4n) is 1.45. The molecule has 0 spiro atoms. The van der Waals surface area contributed by atoms with Gasteiger partial charge in [-0.1, -0.05) is 19.9 Å². The second-order valence-corrected chi connectivity index (χ2v) is 3.75. The number of rotatable bonds is 1. The fraction of sp³-hybridized carbons (Fsp3) is 0.364. The highest BCUT2D eigenvalue weighted by molar-refractivity contribution is 5.95. The zero-order valence-electron chi connectivity index (χ0n) is 8.33. The average molecular weight is 191 g/mol. The molecule has 1 aliphatic heterocycles. The van der Waals surface area contributed by atoms with Crippen molar-refractivity contribution in [3.8, 4) is 5.75 Å². The van der Waals surface area contributed by atoms with E-state index in [0.717, 1.165) is 11.4 Å². The SMILES string of the molecule is CC(C)c1ccc2c(c1)OCC(=O)N2. The molecule has 0 saturated carbocycles. The molecule has 3 heteroatoms. The molecule has 0 saturated heterocycles. The Morgan fingerprint density at radius 2 is 2.21 bits per heavy atom. The zero-order chi connectivity index (χ0) is 10.1. The predicted octanol–water partition coefficient (Wildman–Crippen LogP) is 2.14. The van der Waals surface area contributed by atoms with Gasteiger partial charge in [-0.05, 0) is 23.6 Å². The molecule has 0 aliphatic carbocycles. The van der Waals surface area contributed by atoms with E-state index in [1.54, 1.807) is 0 Å². The number of hydrogen-bond donors (Lipinski definition) is 1. The van der Waals surface area contributed by atoms with Crippen molar-refractivity contribution in [1.82, 2.24) is 0 Å². The zero-order valence-corrected chi connectivity index (χ0v) is 8.33. The maximum atomic E-state index is 11.0. The monoisotopic (exact) mass is 191 g/mol. The van der Waals surface area contributed by atoms with Gasteiger partial charge < -0.3 is 10.1 Å². The Kier molecular flexibility index (Phi) is 2.15. The van der Waals surface area contributed by atoms with Crippen molar-refractivity contribution in [2.75, 3.05) is 11.9 Å². The van der Waals surface area contributed by atoms with Gasteiger partial charge in [0.25, 0.3) is 5.91 Å². The number of nitrogens with one attached hydrogen (secondary N) is 1. The Bertz CT molecular complexity index is 372. The molecular formula is C11H13NO2. The lowest BCUT2D eigenvalue weighted by Gasteiger charge is -2.19. The minimum Gasteiger partial charge on any atom is -0.482 e. The van der Waals surface area contributed by atoms with Crippen LogP contribution in [-0.2, 0) is 4.79 Å². The van der Waals surface area contributed by atoms with Crippen LogP contribution in [0.25, 0.3) is 0 Å². The van der Waals surface area contributed by atoms with E-state index in [-0.39, 0.29) is 12.5 Å². The van der Waals surface area contributed by atoms with Gasteiger partial charge in [-0.25, -0.2) is 0 Å². The molecule has 1 aromatic rings. The summed E-state index contributed by atoms with van der Waals surface area (Å²) in [5.74, 6) is 1.16. The summed E-state index contributed by atoms with van der Waals surface area (Å²) in [5, 5.41) is 2.76. The summed E-state index contributed by atoms with van der Waals surface area (Å²) in [5.41, 5.74) is 1.99. The van der Waals surface area contributed by atoms with Crippen LogP contribution in [0.15, 0.2) is 18.2 Å². The first-order chi connectivity index (χ1) is 6.66. The van der Waals surface area contributed by atoms with Gasteiger partial charge in [0.05, 0.1) is 5.69 Å². The van der Waals surface area contributed by atoms with E-state index in [9.17, 15) is 4.79 Å². The van der Waals surface area contributed by atoms with Gasteiger partial charge in [0.1, 0.15) is 5.75 Å². The summed E-state index contributed by atoms with van der Waals surface area (Å²) >= 11 is 0. The summed E-state index contributed by atoms with van der Waals surface area (Å²) in [4.78, 5) is 11.0. The molecule has 1 N–H and O–H groups in total. The number of carbonyl (C=O) groups excluding carboxylic acids is 1. The van der Waals surface area contributed by atoms with E-state index in [0.29, 0.717) is 5.92 Å². The molecule has 74 valence electrons. The van der Waals surface area contributed by atoms with Gasteiger partial charge >= 0.3 is 0 Å². The quantitative estimate of drug-likeness (QED) is 0.738. The van der Waals surface area contributed by atoms with Crippen molar-refractivity contribution in [2.45, 2.75) is 19.8 Å². The highest BCUT2D eigenvalue weighted by Gasteiger charge is 2.16. The number of fused-ring (bicyclic) bond motifs is 1. The molecule has 1 aliphatic rings. The lowest BCUT2D eigenvalue weighted by Crippen LogP contribution is -2.25. The first-order valence-electron chi connectivity index (χ1n) is 4.73. The number of ether oxygens (including phenoxy) is 1. The fourth-order valence-corrected chi connectivity index (χ4v) is 1.45. The summed E-state index contributed by atoms with van der Waals surface area (Å²) in [7, 11) is 0. The Morgan fingerprint density at radius 1 is 1.43 bits per heavy atom. The van der Waals surface area contributed by atoms with Crippen LogP contribution in [0.5, 0.6) is 5.75 Å². The number of amides is 1. The van der Waals surface area contributed by atoms with E-state index in [2.05, 4.69) is 19.2 Å². The highest BCUT2D eigenvalue weighted by atomic mass is 16.5. The molecule has 3 nitrogen and oxygen atoms in total. The number of benzene rings is 1. The third kappa shape index (κ3) is 1.58. The highest BCUT2D eigenvalue weighted by Crippen LogP contribution is 2.30. The van der Waals surface area contributed by atoms with Crippen molar-refractivity contribution in [1.29, 1.82) is 0 Å². The van der Waals surface area contributed by atoms with Gasteiger partial charge in [-0.2, -0.15) is 0 Å². The van der Waals surface area contributed by atoms with Crippen LogP contribution in [0.3, 0.4) is 0 Å². The van der Waals surface area contributed by atoms with Crippen molar-refractivity contribution >= 4 is 11.6 Å². The molecule has 0 radical (unpaired) electrons. The largest absolute Gasteiger partial charge is 0.482 e. The standard InChI is InChI=1S/C11H13NO2/c1-7(2)8-3-4-9-10(5-8)14-6-11(13)12-9/h3-5,7H,6H2,1-2H3,(H,12,13). The number of carbonyl (C=O) groups is 1. The average Bonchev–Trinajstić information content (AvgIpc) is 2.16. The van der Waals surface area contributed by atoms with Gasteiger partial charge in [0, 0.05) is 0 Å². The van der Waals surface area contributed by atoms with Crippen LogP contribution in [0, 0.1) is 0 Å². The third-order valence-corrected chi connectivity index (χ3v) is 2.31. The molecule has 0 bridgehead atoms. The minimum atomic E-state index is -0.0882. The lowest BCUT2D eigenvalue weighted by molar-refractivity contribution is -0.118. The summed E-state index contributed by atoms with van der Waals surface area (Å²) in [6.45, 7) is 4.38. The van der Waals surface area contributed by atoms with Crippen LogP contribution >= 0.6 is 0 Å². The van der Waals surface area contributed by atoms with Crippen LogP contribution in [-0.4, -0.2) is 12.5 Å².